The molecule has 180 valence electrons. The van der Waals surface area contributed by atoms with Crippen LogP contribution in [0.15, 0.2) is 72.8 Å². The average Bonchev–Trinajstić information content (AvgIpc) is 2.87. The molecule has 0 saturated heterocycles. The standard InChI is InChI=1S/C25H30N3O5P/c1-4-32-23-16-20(12-15-22(23)33-17-18-8-6-5-7-9-18)25(34(29,30-2)31-3)28-21-13-10-19(11-14-21)24(26)27/h5-16,25,28H,4,17H2,1-3H3,(H3,26,27). The summed E-state index contributed by atoms with van der Waals surface area (Å²) in [7, 11) is -0.909. The van der Waals surface area contributed by atoms with E-state index < -0.39 is 13.4 Å². The first-order valence-electron chi connectivity index (χ1n) is 10.8. The quantitative estimate of drug-likeness (QED) is 0.176. The van der Waals surface area contributed by atoms with Gasteiger partial charge in [-0.15, -0.1) is 0 Å². The first-order chi connectivity index (χ1) is 16.4. The van der Waals surface area contributed by atoms with Gasteiger partial charge in [-0.05, 0) is 54.4 Å². The van der Waals surface area contributed by atoms with Gasteiger partial charge in [0.1, 0.15) is 12.4 Å². The van der Waals surface area contributed by atoms with Crippen molar-refractivity contribution < 1.29 is 23.1 Å². The molecular formula is C25H30N3O5P. The van der Waals surface area contributed by atoms with Gasteiger partial charge in [0.2, 0.25) is 0 Å². The number of hydrogen-bond acceptors (Lipinski definition) is 7. The van der Waals surface area contributed by atoms with E-state index in [9.17, 15) is 4.57 Å². The molecule has 0 aliphatic carbocycles. The van der Waals surface area contributed by atoms with Crippen LogP contribution in [0.2, 0.25) is 0 Å². The van der Waals surface area contributed by atoms with Crippen molar-refractivity contribution in [3.8, 4) is 11.5 Å². The highest BCUT2D eigenvalue weighted by Crippen LogP contribution is 2.60. The zero-order chi connectivity index (χ0) is 24.6. The van der Waals surface area contributed by atoms with Gasteiger partial charge in [0.15, 0.2) is 17.3 Å². The van der Waals surface area contributed by atoms with Gasteiger partial charge in [-0.2, -0.15) is 0 Å². The van der Waals surface area contributed by atoms with Crippen LogP contribution in [-0.4, -0.2) is 26.7 Å². The molecule has 0 saturated carbocycles. The molecule has 8 nitrogen and oxygen atoms in total. The topological polar surface area (TPSA) is 116 Å². The van der Waals surface area contributed by atoms with E-state index in [4.69, 9.17) is 29.7 Å². The first-order valence-corrected chi connectivity index (χ1v) is 12.4. The van der Waals surface area contributed by atoms with Crippen LogP contribution >= 0.6 is 7.60 Å². The van der Waals surface area contributed by atoms with Crippen molar-refractivity contribution in [2.45, 2.75) is 19.3 Å². The van der Waals surface area contributed by atoms with Gasteiger partial charge in [-0.3, -0.25) is 9.97 Å². The Bertz CT molecular complexity index is 1130. The van der Waals surface area contributed by atoms with Crippen LogP contribution in [0.4, 0.5) is 5.69 Å². The molecule has 9 heteroatoms. The van der Waals surface area contributed by atoms with Gasteiger partial charge in [0, 0.05) is 25.5 Å². The number of anilines is 1. The number of ether oxygens (including phenoxy) is 2. The monoisotopic (exact) mass is 483 g/mol. The van der Waals surface area contributed by atoms with Crippen molar-refractivity contribution in [3.05, 3.63) is 89.5 Å². The summed E-state index contributed by atoms with van der Waals surface area (Å²) < 4.78 is 35.9. The number of nitrogens with one attached hydrogen (secondary N) is 2. The van der Waals surface area contributed by atoms with E-state index in [-0.39, 0.29) is 5.84 Å². The second-order valence-corrected chi connectivity index (χ2v) is 9.68. The molecule has 0 heterocycles. The Kier molecular flexibility index (Phi) is 8.71. The van der Waals surface area contributed by atoms with E-state index in [1.165, 1.54) is 14.2 Å². The van der Waals surface area contributed by atoms with Crippen molar-refractivity contribution in [3.63, 3.8) is 0 Å². The Morgan fingerprint density at radius 3 is 2.24 bits per heavy atom. The maximum absolute atomic E-state index is 13.5. The predicted octanol–water partition coefficient (Wildman–Crippen LogP) is 5.54. The largest absolute Gasteiger partial charge is 0.490 e. The highest BCUT2D eigenvalue weighted by atomic mass is 31.2. The molecular weight excluding hydrogens is 453 g/mol. The van der Waals surface area contributed by atoms with Crippen molar-refractivity contribution in [2.75, 3.05) is 26.1 Å². The molecule has 3 rings (SSSR count). The Balaban J connectivity index is 1.93. The van der Waals surface area contributed by atoms with Gasteiger partial charge in [-0.1, -0.05) is 36.4 Å². The molecule has 0 aromatic heterocycles. The Morgan fingerprint density at radius 1 is 0.971 bits per heavy atom. The molecule has 1 unspecified atom stereocenters. The molecule has 0 spiro atoms. The Hall–Kier alpha value is -3.32. The lowest BCUT2D eigenvalue weighted by atomic mass is 10.1. The summed E-state index contributed by atoms with van der Waals surface area (Å²) in [6.07, 6.45) is 0. The third-order valence-electron chi connectivity index (χ3n) is 5.14. The SMILES string of the molecule is CCOc1cc(C(Nc2ccc(C(=N)N)cc2)P(=O)(OC)OC)ccc1OCc1ccccc1. The summed E-state index contributed by atoms with van der Waals surface area (Å²) in [4.78, 5) is 0. The summed E-state index contributed by atoms with van der Waals surface area (Å²) >= 11 is 0. The lowest BCUT2D eigenvalue weighted by Crippen LogP contribution is -2.15. The minimum atomic E-state index is -3.60. The second-order valence-electron chi connectivity index (χ2n) is 7.36. The maximum atomic E-state index is 13.5. The molecule has 1 atom stereocenters. The number of nitrogens with two attached hydrogens (primary N) is 1. The zero-order valence-electron chi connectivity index (χ0n) is 19.5. The van der Waals surface area contributed by atoms with Crippen LogP contribution < -0.4 is 20.5 Å². The van der Waals surface area contributed by atoms with E-state index in [2.05, 4.69) is 5.32 Å². The Morgan fingerprint density at radius 2 is 1.65 bits per heavy atom. The van der Waals surface area contributed by atoms with Crippen LogP contribution in [0, 0.1) is 5.41 Å². The molecule has 0 amide bonds. The second kappa shape index (κ2) is 11.7. The normalized spacial score (nSPS) is 12.1. The smallest absolute Gasteiger partial charge is 0.356 e. The van der Waals surface area contributed by atoms with Crippen molar-refractivity contribution in [2.24, 2.45) is 5.73 Å². The zero-order valence-corrected chi connectivity index (χ0v) is 20.4. The number of amidine groups is 1. The van der Waals surface area contributed by atoms with Crippen molar-refractivity contribution in [1.29, 1.82) is 5.41 Å². The van der Waals surface area contributed by atoms with Crippen LogP contribution in [-0.2, 0) is 20.2 Å². The van der Waals surface area contributed by atoms with E-state index >= 15 is 0 Å². The minimum absolute atomic E-state index is 0.0324. The van der Waals surface area contributed by atoms with Gasteiger partial charge in [0.25, 0.3) is 0 Å². The highest BCUT2D eigenvalue weighted by Gasteiger charge is 2.36. The third-order valence-corrected chi connectivity index (χ3v) is 7.22. The van der Waals surface area contributed by atoms with E-state index in [1.807, 2.05) is 37.3 Å². The molecule has 0 radical (unpaired) electrons. The van der Waals surface area contributed by atoms with Gasteiger partial charge in [0.05, 0.1) is 6.61 Å². The predicted molar refractivity (Wildman–Crippen MR) is 134 cm³/mol. The van der Waals surface area contributed by atoms with Crippen LogP contribution in [0.3, 0.4) is 0 Å². The van der Waals surface area contributed by atoms with Gasteiger partial charge >= 0.3 is 7.60 Å². The van der Waals surface area contributed by atoms with Crippen molar-refractivity contribution >= 4 is 19.1 Å². The molecule has 4 N–H and O–H groups in total. The Labute approximate surface area is 200 Å². The van der Waals surface area contributed by atoms with Crippen molar-refractivity contribution in [1.82, 2.24) is 0 Å². The first kappa shape index (κ1) is 25.3. The van der Waals surface area contributed by atoms with Crippen LogP contribution in [0.5, 0.6) is 11.5 Å². The number of benzene rings is 3. The fourth-order valence-electron chi connectivity index (χ4n) is 3.35. The summed E-state index contributed by atoms with van der Waals surface area (Å²) in [6, 6.07) is 22.1. The van der Waals surface area contributed by atoms with Crippen LogP contribution in [0.1, 0.15) is 29.4 Å². The van der Waals surface area contributed by atoms with Crippen LogP contribution in [0.25, 0.3) is 0 Å². The molecule has 0 bridgehead atoms. The molecule has 3 aromatic carbocycles. The third kappa shape index (κ3) is 6.17. The summed E-state index contributed by atoms with van der Waals surface area (Å²) in [5, 5.41) is 10.8. The molecule has 3 aromatic rings. The summed E-state index contributed by atoms with van der Waals surface area (Å²) in [6.45, 7) is 2.70. The minimum Gasteiger partial charge on any atom is -0.490 e. The number of rotatable bonds is 12. The molecule has 0 aliphatic rings. The summed E-state index contributed by atoms with van der Waals surface area (Å²) in [5.41, 5.74) is 8.46. The fraction of sp³-hybridized carbons (Fsp3) is 0.240. The average molecular weight is 484 g/mol. The van der Waals surface area contributed by atoms with E-state index in [0.29, 0.717) is 41.5 Å². The summed E-state index contributed by atoms with van der Waals surface area (Å²) in [5.74, 6) is 0.236. The fourth-order valence-corrected chi connectivity index (χ4v) is 4.76. The highest BCUT2D eigenvalue weighted by molar-refractivity contribution is 7.54. The van der Waals surface area contributed by atoms with E-state index in [0.717, 1.165) is 5.56 Å². The molecule has 0 aliphatic heterocycles. The van der Waals surface area contributed by atoms with Gasteiger partial charge < -0.3 is 29.6 Å². The van der Waals surface area contributed by atoms with Gasteiger partial charge in [-0.25, -0.2) is 0 Å². The number of hydrogen-bond donors (Lipinski definition) is 3. The maximum Gasteiger partial charge on any atom is 0.356 e. The lowest BCUT2D eigenvalue weighted by Gasteiger charge is -2.27. The number of nitrogen functional groups attached to an aromatic ring is 1. The van der Waals surface area contributed by atoms with E-state index in [1.54, 1.807) is 42.5 Å². The molecule has 34 heavy (non-hydrogen) atoms. The molecule has 0 fully saturated rings. The lowest BCUT2D eigenvalue weighted by molar-refractivity contribution is 0.265.